The molecule has 174 valence electrons. The molecule has 0 atom stereocenters. The van der Waals surface area contributed by atoms with E-state index in [9.17, 15) is 18.0 Å². The number of amides is 1. The zero-order valence-electron chi connectivity index (χ0n) is 18.1. The Morgan fingerprint density at radius 2 is 1.72 bits per heavy atom. The first-order chi connectivity index (χ1) is 15.4. The van der Waals surface area contributed by atoms with Gasteiger partial charge in [-0.05, 0) is 37.1 Å². The van der Waals surface area contributed by atoms with Crippen LogP contribution in [0.15, 0.2) is 24.5 Å². The number of aromatic nitrogens is 2. The Balaban J connectivity index is 1.64. The molecule has 1 aliphatic heterocycles. The van der Waals surface area contributed by atoms with E-state index in [1.165, 1.54) is 18.5 Å². The van der Waals surface area contributed by atoms with Crippen LogP contribution in [0.5, 0.6) is 5.88 Å². The van der Waals surface area contributed by atoms with Crippen LogP contribution in [0.1, 0.15) is 43.4 Å². The molecule has 10 heteroatoms. The molecule has 1 aromatic carbocycles. The van der Waals surface area contributed by atoms with Crippen LogP contribution in [0, 0.1) is 0 Å². The van der Waals surface area contributed by atoms with Crippen molar-refractivity contribution in [3.63, 3.8) is 0 Å². The van der Waals surface area contributed by atoms with Gasteiger partial charge in [-0.15, -0.1) is 0 Å². The van der Waals surface area contributed by atoms with Gasteiger partial charge in [-0.3, -0.25) is 0 Å². The molecule has 0 saturated carbocycles. The number of rotatable bonds is 8. The Labute approximate surface area is 184 Å². The van der Waals surface area contributed by atoms with Crippen LogP contribution in [-0.4, -0.2) is 46.3 Å². The maximum Gasteiger partial charge on any atom is 0.410 e. The maximum atomic E-state index is 13.4. The second-order valence-corrected chi connectivity index (χ2v) is 7.78. The number of ether oxygens (including phenoxy) is 2. The minimum Gasteiger partial charge on any atom is -0.474 e. The van der Waals surface area contributed by atoms with E-state index >= 15 is 0 Å². The fraction of sp³-hybridized carbons (Fsp3) is 0.500. The van der Waals surface area contributed by atoms with Crippen molar-refractivity contribution in [3.8, 4) is 5.88 Å². The van der Waals surface area contributed by atoms with Gasteiger partial charge in [0.05, 0.1) is 6.10 Å². The van der Waals surface area contributed by atoms with Crippen molar-refractivity contribution in [1.29, 1.82) is 0 Å². The molecule has 2 heterocycles. The lowest BCUT2D eigenvalue weighted by Crippen LogP contribution is -2.42. The third-order valence-corrected chi connectivity index (χ3v) is 5.09. The first-order valence-corrected chi connectivity index (χ1v) is 10.5. The molecule has 1 aliphatic rings. The number of likely N-dealkylation sites (tertiary alicyclic amines) is 1. The molecule has 1 saturated heterocycles. The van der Waals surface area contributed by atoms with Gasteiger partial charge in [-0.2, -0.15) is 0 Å². The summed E-state index contributed by atoms with van der Waals surface area (Å²) in [6.45, 7) is 2.07. The highest BCUT2D eigenvalue weighted by Gasteiger charge is 2.25. The van der Waals surface area contributed by atoms with Gasteiger partial charge < -0.3 is 19.7 Å². The van der Waals surface area contributed by atoms with Gasteiger partial charge in [0.25, 0.3) is 0 Å². The monoisotopic (exact) mass is 452 g/mol. The van der Waals surface area contributed by atoms with Gasteiger partial charge in [0.2, 0.25) is 5.88 Å². The minimum absolute atomic E-state index is 0.126. The van der Waals surface area contributed by atoms with E-state index in [1.54, 1.807) is 24.8 Å². The SMILES string of the molecule is CC(C)OC(=O)N1CCC(Oc2cc(Nc3cc(CF)c(CF)cc3CF)ncn2)CC1. The summed E-state index contributed by atoms with van der Waals surface area (Å²) in [5.41, 5.74) is 0.789. The molecule has 0 spiro atoms. The number of piperidine rings is 1. The van der Waals surface area contributed by atoms with E-state index in [0.717, 1.165) is 0 Å². The highest BCUT2D eigenvalue weighted by molar-refractivity contribution is 5.68. The van der Waals surface area contributed by atoms with Gasteiger partial charge >= 0.3 is 6.09 Å². The van der Waals surface area contributed by atoms with Crippen molar-refractivity contribution < 1.29 is 27.4 Å². The minimum atomic E-state index is -0.869. The second-order valence-electron chi connectivity index (χ2n) is 7.78. The van der Waals surface area contributed by atoms with Crippen molar-refractivity contribution in [3.05, 3.63) is 41.2 Å². The molecule has 2 aromatic rings. The fourth-order valence-corrected chi connectivity index (χ4v) is 3.43. The van der Waals surface area contributed by atoms with Crippen molar-refractivity contribution in [1.82, 2.24) is 14.9 Å². The maximum absolute atomic E-state index is 13.4. The predicted octanol–water partition coefficient (Wildman–Crippen LogP) is 5.02. The van der Waals surface area contributed by atoms with Gasteiger partial charge in [0.1, 0.15) is 38.3 Å². The molecular weight excluding hydrogens is 425 g/mol. The van der Waals surface area contributed by atoms with E-state index in [0.29, 0.717) is 43.3 Å². The predicted molar refractivity (Wildman–Crippen MR) is 113 cm³/mol. The Morgan fingerprint density at radius 1 is 1.06 bits per heavy atom. The number of carbonyl (C=O) groups is 1. The van der Waals surface area contributed by atoms with E-state index in [4.69, 9.17) is 9.47 Å². The number of hydrogen-bond donors (Lipinski definition) is 1. The zero-order valence-corrected chi connectivity index (χ0v) is 18.1. The number of nitrogens with one attached hydrogen (secondary N) is 1. The van der Waals surface area contributed by atoms with Crippen molar-refractivity contribution in [2.45, 2.75) is 58.9 Å². The molecule has 3 rings (SSSR count). The van der Waals surface area contributed by atoms with E-state index in [1.807, 2.05) is 0 Å². The number of alkyl halides is 3. The molecule has 0 bridgehead atoms. The molecule has 1 aromatic heterocycles. The molecule has 0 unspecified atom stereocenters. The van der Waals surface area contributed by atoms with Crippen LogP contribution in [0.25, 0.3) is 0 Å². The fourth-order valence-electron chi connectivity index (χ4n) is 3.43. The molecular formula is C22H27F3N4O3. The van der Waals surface area contributed by atoms with E-state index in [2.05, 4.69) is 15.3 Å². The van der Waals surface area contributed by atoms with Crippen LogP contribution in [0.3, 0.4) is 0 Å². The number of carbonyl (C=O) groups excluding carboxylic acids is 1. The quantitative estimate of drug-likeness (QED) is 0.606. The van der Waals surface area contributed by atoms with Crippen molar-refractivity contribution in [2.75, 3.05) is 18.4 Å². The summed E-state index contributed by atoms with van der Waals surface area (Å²) in [4.78, 5) is 21.9. The summed E-state index contributed by atoms with van der Waals surface area (Å²) in [5, 5.41) is 2.94. The van der Waals surface area contributed by atoms with Crippen molar-refractivity contribution >= 4 is 17.6 Å². The summed E-state index contributed by atoms with van der Waals surface area (Å²) in [6, 6.07) is 4.26. The standard InChI is InChI=1S/C22H27F3N4O3/c1-14(2)31-22(30)29-5-3-18(4-6-29)32-21-9-20(26-13-27-21)28-19-8-16(11-24)15(10-23)7-17(19)12-25/h7-9,13-14,18H,3-6,10-12H2,1-2H3,(H,26,27,28). The molecule has 1 fully saturated rings. The van der Waals surface area contributed by atoms with Crippen molar-refractivity contribution in [2.24, 2.45) is 0 Å². The molecule has 32 heavy (non-hydrogen) atoms. The lowest BCUT2D eigenvalue weighted by molar-refractivity contribution is 0.0507. The third-order valence-electron chi connectivity index (χ3n) is 5.09. The molecule has 1 amide bonds. The normalized spacial score (nSPS) is 14.5. The average molecular weight is 452 g/mol. The van der Waals surface area contributed by atoms with E-state index < -0.39 is 20.0 Å². The van der Waals surface area contributed by atoms with Gasteiger partial charge in [0, 0.05) is 43.2 Å². The molecule has 0 aliphatic carbocycles. The number of benzene rings is 1. The first-order valence-electron chi connectivity index (χ1n) is 10.5. The topological polar surface area (TPSA) is 76.6 Å². The lowest BCUT2D eigenvalue weighted by Gasteiger charge is -2.31. The lowest BCUT2D eigenvalue weighted by atomic mass is 10.0. The second kappa shape index (κ2) is 11.0. The Hall–Kier alpha value is -3.04. The summed E-state index contributed by atoms with van der Waals surface area (Å²) in [6.07, 6.45) is 1.91. The van der Waals surface area contributed by atoms with Gasteiger partial charge in [0.15, 0.2) is 0 Å². The van der Waals surface area contributed by atoms with Crippen LogP contribution in [0.2, 0.25) is 0 Å². The van der Waals surface area contributed by atoms with Crippen LogP contribution >= 0.6 is 0 Å². The average Bonchev–Trinajstić information content (AvgIpc) is 2.79. The number of hydrogen-bond acceptors (Lipinski definition) is 6. The number of halogens is 3. The smallest absolute Gasteiger partial charge is 0.410 e. The largest absolute Gasteiger partial charge is 0.474 e. The van der Waals surface area contributed by atoms with Crippen LogP contribution in [0.4, 0.5) is 29.5 Å². The highest BCUT2D eigenvalue weighted by atomic mass is 19.1. The molecule has 7 nitrogen and oxygen atoms in total. The summed E-state index contributed by atoms with van der Waals surface area (Å²) < 4.78 is 50.9. The van der Waals surface area contributed by atoms with Crippen LogP contribution < -0.4 is 10.1 Å². The first kappa shape index (κ1) is 23.6. The van der Waals surface area contributed by atoms with Crippen LogP contribution in [-0.2, 0) is 24.8 Å². The number of anilines is 2. The van der Waals surface area contributed by atoms with Gasteiger partial charge in [-0.25, -0.2) is 27.9 Å². The highest BCUT2D eigenvalue weighted by Crippen LogP contribution is 2.28. The molecule has 1 N–H and O–H groups in total. The zero-order chi connectivity index (χ0) is 23.1. The Bertz CT molecular complexity index is 921. The Kier molecular flexibility index (Phi) is 8.13. The molecule has 0 radical (unpaired) electrons. The van der Waals surface area contributed by atoms with E-state index in [-0.39, 0.29) is 35.0 Å². The van der Waals surface area contributed by atoms with Gasteiger partial charge in [-0.1, -0.05) is 0 Å². The third kappa shape index (κ3) is 6.02. The summed E-state index contributed by atoms with van der Waals surface area (Å²) >= 11 is 0. The summed E-state index contributed by atoms with van der Waals surface area (Å²) in [7, 11) is 0. The summed E-state index contributed by atoms with van der Waals surface area (Å²) in [5.74, 6) is 0.652. The number of nitrogens with zero attached hydrogens (tertiary/aromatic N) is 3. The Morgan fingerprint density at radius 3 is 2.34 bits per heavy atom.